The average Bonchev–Trinajstić information content (AvgIpc) is 3.08. The molecule has 2 fully saturated rings. The second-order valence-electron chi connectivity index (χ2n) is 6.58. The predicted octanol–water partition coefficient (Wildman–Crippen LogP) is 2.19. The maximum atomic E-state index is 10.5. The Labute approximate surface area is 115 Å². The van der Waals surface area contributed by atoms with Crippen LogP contribution in [-0.4, -0.2) is 40.4 Å². The van der Waals surface area contributed by atoms with Gasteiger partial charge in [0.05, 0.1) is 23.9 Å². The molecule has 3 rings (SSSR count). The van der Waals surface area contributed by atoms with Gasteiger partial charge in [-0.3, -0.25) is 4.90 Å². The van der Waals surface area contributed by atoms with E-state index in [4.69, 9.17) is 4.74 Å². The third kappa shape index (κ3) is 2.83. The Bertz CT molecular complexity index is 439. The van der Waals surface area contributed by atoms with Gasteiger partial charge in [0, 0.05) is 13.1 Å². The fourth-order valence-corrected chi connectivity index (χ4v) is 3.00. The summed E-state index contributed by atoms with van der Waals surface area (Å²) in [6, 6.07) is 10.6. The summed E-state index contributed by atoms with van der Waals surface area (Å²) >= 11 is 0. The van der Waals surface area contributed by atoms with Gasteiger partial charge in [0.1, 0.15) is 0 Å². The minimum Gasteiger partial charge on any atom is -0.388 e. The van der Waals surface area contributed by atoms with Crippen molar-refractivity contribution in [2.24, 2.45) is 0 Å². The van der Waals surface area contributed by atoms with Crippen molar-refractivity contribution < 1.29 is 9.84 Å². The molecule has 1 saturated heterocycles. The van der Waals surface area contributed by atoms with Crippen LogP contribution in [0.25, 0.3) is 0 Å². The van der Waals surface area contributed by atoms with E-state index in [0.29, 0.717) is 6.61 Å². The lowest BCUT2D eigenvalue weighted by Crippen LogP contribution is -2.58. The summed E-state index contributed by atoms with van der Waals surface area (Å²) in [7, 11) is 0. The first-order valence-corrected chi connectivity index (χ1v) is 7.13. The summed E-state index contributed by atoms with van der Waals surface area (Å²) in [5.74, 6) is 0. The molecule has 1 aromatic rings. The van der Waals surface area contributed by atoms with Gasteiger partial charge < -0.3 is 9.84 Å². The van der Waals surface area contributed by atoms with Crippen LogP contribution in [0.15, 0.2) is 30.3 Å². The van der Waals surface area contributed by atoms with Gasteiger partial charge in [0.25, 0.3) is 0 Å². The summed E-state index contributed by atoms with van der Waals surface area (Å²) in [6.07, 6.45) is 1.82. The van der Waals surface area contributed by atoms with Crippen LogP contribution in [0.2, 0.25) is 0 Å². The number of hydrogen-bond acceptors (Lipinski definition) is 3. The highest BCUT2D eigenvalue weighted by Crippen LogP contribution is 2.43. The maximum absolute atomic E-state index is 10.5. The van der Waals surface area contributed by atoms with Crippen molar-refractivity contribution in [3.05, 3.63) is 35.9 Å². The highest BCUT2D eigenvalue weighted by Gasteiger charge is 2.52. The van der Waals surface area contributed by atoms with Gasteiger partial charge in [-0.25, -0.2) is 0 Å². The van der Waals surface area contributed by atoms with Gasteiger partial charge in [-0.05, 0) is 32.3 Å². The van der Waals surface area contributed by atoms with Gasteiger partial charge in [-0.15, -0.1) is 0 Å². The zero-order valence-corrected chi connectivity index (χ0v) is 11.8. The topological polar surface area (TPSA) is 32.7 Å². The van der Waals surface area contributed by atoms with Crippen molar-refractivity contribution in [1.82, 2.24) is 4.90 Å². The lowest BCUT2D eigenvalue weighted by Gasteiger charge is -2.45. The molecule has 1 N–H and O–H groups in total. The minimum absolute atomic E-state index is 0.128. The van der Waals surface area contributed by atoms with Crippen LogP contribution in [0.1, 0.15) is 32.3 Å². The fraction of sp³-hybridized carbons (Fsp3) is 0.625. The molecule has 3 nitrogen and oxygen atoms in total. The maximum Gasteiger partial charge on any atom is 0.0826 e. The van der Waals surface area contributed by atoms with E-state index >= 15 is 0 Å². The SMILES string of the molecule is CC1(C)CN(Cc2ccccc2)C(C2(O)CC2)CO1. The molecule has 1 atom stereocenters. The van der Waals surface area contributed by atoms with E-state index in [1.807, 2.05) is 6.07 Å². The molecule has 0 aromatic heterocycles. The Balaban J connectivity index is 1.77. The molecule has 1 heterocycles. The van der Waals surface area contributed by atoms with Crippen LogP contribution in [0, 0.1) is 0 Å². The number of nitrogens with zero attached hydrogens (tertiary/aromatic N) is 1. The molecule has 1 unspecified atom stereocenters. The van der Waals surface area contributed by atoms with Crippen molar-refractivity contribution in [3.63, 3.8) is 0 Å². The van der Waals surface area contributed by atoms with E-state index in [1.54, 1.807) is 0 Å². The molecule has 0 spiro atoms. The molecule has 1 aromatic carbocycles. The molecule has 3 heteroatoms. The Morgan fingerprint density at radius 3 is 2.58 bits per heavy atom. The third-order valence-electron chi connectivity index (χ3n) is 4.27. The summed E-state index contributed by atoms with van der Waals surface area (Å²) in [4.78, 5) is 2.39. The number of morpholine rings is 1. The largest absolute Gasteiger partial charge is 0.388 e. The molecular weight excluding hydrogens is 238 g/mol. The Morgan fingerprint density at radius 1 is 1.26 bits per heavy atom. The summed E-state index contributed by atoms with van der Waals surface area (Å²) in [5, 5.41) is 10.5. The second-order valence-corrected chi connectivity index (χ2v) is 6.58. The molecule has 104 valence electrons. The van der Waals surface area contributed by atoms with E-state index < -0.39 is 5.60 Å². The van der Waals surface area contributed by atoms with Gasteiger partial charge in [0.2, 0.25) is 0 Å². The zero-order chi connectivity index (χ0) is 13.5. The van der Waals surface area contributed by atoms with Gasteiger partial charge >= 0.3 is 0 Å². The number of aliphatic hydroxyl groups is 1. The molecule has 1 saturated carbocycles. The van der Waals surface area contributed by atoms with Crippen molar-refractivity contribution >= 4 is 0 Å². The van der Waals surface area contributed by atoms with Crippen molar-refractivity contribution in [1.29, 1.82) is 0 Å². The summed E-state index contributed by atoms with van der Waals surface area (Å²) < 4.78 is 5.91. The van der Waals surface area contributed by atoms with Crippen LogP contribution >= 0.6 is 0 Å². The van der Waals surface area contributed by atoms with Gasteiger partial charge in [-0.2, -0.15) is 0 Å². The Hall–Kier alpha value is -0.900. The van der Waals surface area contributed by atoms with Crippen LogP contribution < -0.4 is 0 Å². The van der Waals surface area contributed by atoms with E-state index in [2.05, 4.69) is 43.0 Å². The molecule has 1 aliphatic heterocycles. The number of ether oxygens (including phenoxy) is 1. The Kier molecular flexibility index (Phi) is 3.16. The molecular formula is C16H23NO2. The van der Waals surface area contributed by atoms with Crippen molar-refractivity contribution in [2.75, 3.05) is 13.2 Å². The van der Waals surface area contributed by atoms with E-state index in [0.717, 1.165) is 25.9 Å². The van der Waals surface area contributed by atoms with Gasteiger partial charge in [-0.1, -0.05) is 30.3 Å². The normalized spacial score (nSPS) is 29.1. The van der Waals surface area contributed by atoms with E-state index in [9.17, 15) is 5.11 Å². The van der Waals surface area contributed by atoms with Crippen LogP contribution in [0.3, 0.4) is 0 Å². The molecule has 2 aliphatic rings. The molecule has 19 heavy (non-hydrogen) atoms. The predicted molar refractivity (Wildman–Crippen MR) is 74.9 cm³/mol. The molecule has 0 amide bonds. The van der Waals surface area contributed by atoms with Crippen LogP contribution in [0.4, 0.5) is 0 Å². The van der Waals surface area contributed by atoms with Crippen molar-refractivity contribution in [2.45, 2.75) is 50.5 Å². The molecule has 1 aliphatic carbocycles. The summed E-state index contributed by atoms with van der Waals surface area (Å²) in [6.45, 7) is 6.64. The van der Waals surface area contributed by atoms with Crippen LogP contribution in [-0.2, 0) is 11.3 Å². The van der Waals surface area contributed by atoms with E-state index in [-0.39, 0.29) is 11.6 Å². The lowest BCUT2D eigenvalue weighted by atomic mass is 9.99. The monoisotopic (exact) mass is 261 g/mol. The lowest BCUT2D eigenvalue weighted by molar-refractivity contribution is -0.147. The highest BCUT2D eigenvalue weighted by atomic mass is 16.5. The molecule has 0 radical (unpaired) electrons. The smallest absolute Gasteiger partial charge is 0.0826 e. The minimum atomic E-state index is -0.509. The quantitative estimate of drug-likeness (QED) is 0.905. The third-order valence-corrected chi connectivity index (χ3v) is 4.27. The first-order valence-electron chi connectivity index (χ1n) is 7.13. The number of hydrogen-bond donors (Lipinski definition) is 1. The zero-order valence-electron chi connectivity index (χ0n) is 11.8. The van der Waals surface area contributed by atoms with Crippen LogP contribution in [0.5, 0.6) is 0 Å². The first-order chi connectivity index (χ1) is 8.99. The van der Waals surface area contributed by atoms with Crippen molar-refractivity contribution in [3.8, 4) is 0 Å². The second kappa shape index (κ2) is 4.58. The summed E-state index contributed by atoms with van der Waals surface area (Å²) in [5.41, 5.74) is 0.663. The molecule has 0 bridgehead atoms. The number of benzene rings is 1. The number of rotatable bonds is 3. The van der Waals surface area contributed by atoms with E-state index in [1.165, 1.54) is 5.56 Å². The average molecular weight is 261 g/mol. The first kappa shape index (κ1) is 13.1. The Morgan fingerprint density at radius 2 is 1.95 bits per heavy atom. The highest BCUT2D eigenvalue weighted by molar-refractivity contribution is 5.16. The van der Waals surface area contributed by atoms with Gasteiger partial charge in [0.15, 0.2) is 0 Å². The fourth-order valence-electron chi connectivity index (χ4n) is 3.00. The standard InChI is InChI=1S/C16H23NO2/c1-15(2)12-17(10-13-6-4-3-5-7-13)14(11-19-15)16(18)8-9-16/h3-7,14,18H,8-12H2,1-2H3.